The van der Waals surface area contributed by atoms with Gasteiger partial charge in [-0.3, -0.25) is 9.36 Å². The molecule has 180 valence electrons. The van der Waals surface area contributed by atoms with Crippen LogP contribution in [0.5, 0.6) is 0 Å². The molecule has 0 aliphatic heterocycles. The molecule has 6 heteroatoms. The van der Waals surface area contributed by atoms with Gasteiger partial charge in [0, 0.05) is 28.2 Å². The summed E-state index contributed by atoms with van der Waals surface area (Å²) < 4.78 is 4.18. The lowest BCUT2D eigenvalue weighted by atomic mass is 10.1. The van der Waals surface area contributed by atoms with Gasteiger partial charge in [-0.05, 0) is 69.2 Å². The van der Waals surface area contributed by atoms with Crippen molar-refractivity contribution in [2.75, 3.05) is 5.75 Å². The molecule has 5 aromatic rings. The van der Waals surface area contributed by atoms with Gasteiger partial charge < -0.3 is 4.57 Å². The molecule has 0 saturated carbocycles. The van der Waals surface area contributed by atoms with Gasteiger partial charge in [0.15, 0.2) is 16.8 Å². The van der Waals surface area contributed by atoms with Crippen molar-refractivity contribution in [3.05, 3.63) is 113 Å². The van der Waals surface area contributed by atoms with Crippen LogP contribution in [0, 0.1) is 27.7 Å². The third-order valence-electron chi connectivity index (χ3n) is 6.49. The molecule has 3 aromatic carbocycles. The summed E-state index contributed by atoms with van der Waals surface area (Å²) in [5.74, 6) is 1.11. The van der Waals surface area contributed by atoms with Gasteiger partial charge in [-0.2, -0.15) is 0 Å². The van der Waals surface area contributed by atoms with Crippen LogP contribution in [-0.4, -0.2) is 30.9 Å². The van der Waals surface area contributed by atoms with Crippen molar-refractivity contribution < 1.29 is 4.79 Å². The summed E-state index contributed by atoms with van der Waals surface area (Å²) in [5.41, 5.74) is 8.17. The highest BCUT2D eigenvalue weighted by Gasteiger charge is 2.21. The SMILES string of the molecule is Cc1ccc(-n2c(SCC(=O)c3cc(C)n(-c4ccccc4)c3C)nnc2-c2ccccc2)cc1C. The summed E-state index contributed by atoms with van der Waals surface area (Å²) in [5, 5.41) is 9.71. The largest absolute Gasteiger partial charge is 0.318 e. The summed E-state index contributed by atoms with van der Waals surface area (Å²) in [4.78, 5) is 13.4. The van der Waals surface area contributed by atoms with Crippen LogP contribution in [0.1, 0.15) is 32.9 Å². The average molecular weight is 493 g/mol. The van der Waals surface area contributed by atoms with Gasteiger partial charge in [0.05, 0.1) is 11.4 Å². The Hall–Kier alpha value is -3.90. The molecular formula is C30H28N4OS. The zero-order valence-corrected chi connectivity index (χ0v) is 21.7. The Bertz CT molecular complexity index is 1530. The number of rotatable bonds is 7. The third-order valence-corrected chi connectivity index (χ3v) is 7.42. The molecule has 2 aromatic heterocycles. The fraction of sp³-hybridized carbons (Fsp3) is 0.167. The van der Waals surface area contributed by atoms with Crippen molar-refractivity contribution in [3.8, 4) is 22.8 Å². The Morgan fingerprint density at radius 2 is 1.44 bits per heavy atom. The van der Waals surface area contributed by atoms with Crippen LogP contribution in [0.25, 0.3) is 22.8 Å². The van der Waals surface area contributed by atoms with Gasteiger partial charge in [0.2, 0.25) is 0 Å². The molecule has 0 bridgehead atoms. The third kappa shape index (κ3) is 4.52. The fourth-order valence-corrected chi connectivity index (χ4v) is 5.30. The highest BCUT2D eigenvalue weighted by molar-refractivity contribution is 7.99. The topological polar surface area (TPSA) is 52.7 Å². The number of carbonyl (C=O) groups excluding carboxylic acids is 1. The molecule has 0 N–H and O–H groups in total. The van der Waals surface area contributed by atoms with E-state index in [9.17, 15) is 4.79 Å². The lowest BCUT2D eigenvalue weighted by Crippen LogP contribution is -2.07. The smallest absolute Gasteiger partial charge is 0.196 e. The maximum atomic E-state index is 13.4. The van der Waals surface area contributed by atoms with Crippen LogP contribution in [0.2, 0.25) is 0 Å². The normalized spacial score (nSPS) is 11.1. The molecule has 0 radical (unpaired) electrons. The Morgan fingerprint density at radius 1 is 0.750 bits per heavy atom. The van der Waals surface area contributed by atoms with Gasteiger partial charge in [0.25, 0.3) is 0 Å². The molecule has 0 unspecified atom stereocenters. The summed E-state index contributed by atoms with van der Waals surface area (Å²) in [6, 6.07) is 28.5. The van der Waals surface area contributed by atoms with Crippen molar-refractivity contribution in [3.63, 3.8) is 0 Å². The van der Waals surface area contributed by atoms with Crippen molar-refractivity contribution >= 4 is 17.5 Å². The van der Waals surface area contributed by atoms with Crippen LogP contribution in [0.3, 0.4) is 0 Å². The molecule has 5 nitrogen and oxygen atoms in total. The lowest BCUT2D eigenvalue weighted by Gasteiger charge is -2.12. The number of carbonyl (C=O) groups is 1. The van der Waals surface area contributed by atoms with Gasteiger partial charge in [0.1, 0.15) is 0 Å². The minimum atomic E-state index is 0.0752. The first-order chi connectivity index (χ1) is 17.4. The molecule has 0 amide bonds. The number of para-hydroxylation sites is 1. The van der Waals surface area contributed by atoms with Gasteiger partial charge in [-0.25, -0.2) is 0 Å². The Labute approximate surface area is 215 Å². The number of benzene rings is 3. The van der Waals surface area contributed by atoms with E-state index < -0.39 is 0 Å². The molecule has 0 fully saturated rings. The summed E-state index contributed by atoms with van der Waals surface area (Å²) in [6.45, 7) is 8.24. The number of Topliss-reactive ketones (excluding diaryl/α,β-unsaturated/α-hetero) is 1. The lowest BCUT2D eigenvalue weighted by molar-refractivity contribution is 0.102. The van der Waals surface area contributed by atoms with Crippen molar-refractivity contribution in [1.82, 2.24) is 19.3 Å². The van der Waals surface area contributed by atoms with Crippen LogP contribution in [0.15, 0.2) is 90.1 Å². The van der Waals surface area contributed by atoms with Gasteiger partial charge >= 0.3 is 0 Å². The highest BCUT2D eigenvalue weighted by Crippen LogP contribution is 2.30. The second kappa shape index (κ2) is 9.99. The average Bonchev–Trinajstić information content (AvgIpc) is 3.45. The minimum Gasteiger partial charge on any atom is -0.318 e. The maximum Gasteiger partial charge on any atom is 0.196 e. The van der Waals surface area contributed by atoms with E-state index in [-0.39, 0.29) is 11.5 Å². The molecule has 0 aliphatic carbocycles. The number of aryl methyl sites for hydroxylation is 3. The zero-order chi connectivity index (χ0) is 25.2. The Balaban J connectivity index is 1.47. The quantitative estimate of drug-likeness (QED) is 0.183. The molecular weight excluding hydrogens is 464 g/mol. The van der Waals surface area contributed by atoms with E-state index in [1.165, 1.54) is 22.9 Å². The van der Waals surface area contributed by atoms with E-state index in [2.05, 4.69) is 58.9 Å². The first kappa shape index (κ1) is 23.8. The molecule has 5 rings (SSSR count). The summed E-state index contributed by atoms with van der Waals surface area (Å²) >= 11 is 1.42. The molecule has 0 saturated heterocycles. The molecule has 2 heterocycles. The van der Waals surface area contributed by atoms with Crippen molar-refractivity contribution in [2.24, 2.45) is 0 Å². The van der Waals surface area contributed by atoms with Crippen molar-refractivity contribution in [1.29, 1.82) is 0 Å². The highest BCUT2D eigenvalue weighted by atomic mass is 32.2. The number of aromatic nitrogens is 4. The van der Waals surface area contributed by atoms with E-state index in [0.29, 0.717) is 5.16 Å². The van der Waals surface area contributed by atoms with Crippen molar-refractivity contribution in [2.45, 2.75) is 32.9 Å². The zero-order valence-electron chi connectivity index (χ0n) is 20.9. The predicted octanol–water partition coefficient (Wildman–Crippen LogP) is 6.93. The second-order valence-corrected chi connectivity index (χ2v) is 9.89. The molecule has 0 aliphatic rings. The van der Waals surface area contributed by atoms with E-state index in [0.717, 1.165) is 39.7 Å². The first-order valence-electron chi connectivity index (χ1n) is 11.9. The van der Waals surface area contributed by atoms with Crippen LogP contribution in [0.4, 0.5) is 0 Å². The van der Waals surface area contributed by atoms with Gasteiger partial charge in [-0.1, -0.05) is 66.4 Å². The number of thioether (sulfide) groups is 1. The second-order valence-electron chi connectivity index (χ2n) is 8.94. The van der Waals surface area contributed by atoms with E-state index in [1.807, 2.05) is 73.0 Å². The first-order valence-corrected chi connectivity index (χ1v) is 12.9. The van der Waals surface area contributed by atoms with Crippen LogP contribution >= 0.6 is 11.8 Å². The monoisotopic (exact) mass is 492 g/mol. The fourth-order valence-electron chi connectivity index (χ4n) is 4.46. The van der Waals surface area contributed by atoms with E-state index in [1.54, 1.807) is 0 Å². The number of nitrogens with zero attached hydrogens (tertiary/aromatic N) is 4. The standard InChI is InChI=1S/C30H28N4OS/c1-20-15-16-26(17-21(20)2)34-29(24-11-7-5-8-12-24)31-32-30(34)36-19-28(35)27-18-22(3)33(23(27)4)25-13-9-6-10-14-25/h5-18H,19H2,1-4H3. The van der Waals surface area contributed by atoms with Gasteiger partial charge in [-0.15, -0.1) is 10.2 Å². The number of hydrogen-bond acceptors (Lipinski definition) is 4. The van der Waals surface area contributed by atoms with E-state index >= 15 is 0 Å². The van der Waals surface area contributed by atoms with Crippen LogP contribution in [-0.2, 0) is 0 Å². The molecule has 36 heavy (non-hydrogen) atoms. The number of ketones is 1. The molecule has 0 atom stereocenters. The summed E-state index contributed by atoms with van der Waals surface area (Å²) in [7, 11) is 0. The predicted molar refractivity (Wildman–Crippen MR) is 147 cm³/mol. The maximum absolute atomic E-state index is 13.4. The molecule has 0 spiro atoms. The Morgan fingerprint density at radius 3 is 2.14 bits per heavy atom. The minimum absolute atomic E-state index is 0.0752. The van der Waals surface area contributed by atoms with E-state index in [4.69, 9.17) is 0 Å². The van der Waals surface area contributed by atoms with Crippen LogP contribution < -0.4 is 0 Å². The Kier molecular flexibility index (Phi) is 6.61. The summed E-state index contributed by atoms with van der Waals surface area (Å²) in [6.07, 6.45) is 0. The number of hydrogen-bond donors (Lipinski definition) is 0.